The topological polar surface area (TPSA) is 50.8 Å². The van der Waals surface area contributed by atoms with Gasteiger partial charge in [-0.05, 0) is 49.2 Å². The molecule has 0 saturated heterocycles. The van der Waals surface area contributed by atoms with E-state index in [1.807, 2.05) is 50.2 Å². The Morgan fingerprint density at radius 2 is 1.74 bits per heavy atom. The van der Waals surface area contributed by atoms with E-state index in [0.29, 0.717) is 5.65 Å². The summed E-state index contributed by atoms with van der Waals surface area (Å²) < 4.78 is 6.01. The number of H-pyrrole nitrogens is 1. The monoisotopic (exact) mass is 355 g/mol. The quantitative estimate of drug-likeness (QED) is 0.475. The van der Waals surface area contributed by atoms with Crippen LogP contribution in [0.4, 0.5) is 0 Å². The number of imidazole rings is 1. The molecule has 4 nitrogen and oxygen atoms in total. The fourth-order valence-corrected chi connectivity index (χ4v) is 2.92. The summed E-state index contributed by atoms with van der Waals surface area (Å²) in [5, 5.41) is 0. The summed E-state index contributed by atoms with van der Waals surface area (Å²) in [6, 6.07) is 20.3. The number of fused-ring (bicyclic) bond motifs is 1. The first kappa shape index (κ1) is 17.0. The third-order valence-corrected chi connectivity index (χ3v) is 4.15. The van der Waals surface area contributed by atoms with Crippen molar-refractivity contribution in [1.29, 1.82) is 0 Å². The zero-order chi connectivity index (χ0) is 18.6. The SMILES string of the molecule is CC(C)Oc1ccc(C=Cc2ccccc2)cc1-c1nc2ncccc2[nH]1. The molecule has 134 valence electrons. The zero-order valence-electron chi connectivity index (χ0n) is 15.4. The standard InChI is InChI=1S/C23H21N3O/c1-16(2)27-21-13-12-18(11-10-17-7-4-3-5-8-17)15-19(21)22-25-20-9-6-14-24-23(20)26-22/h3-16H,1-2H3,(H,24,25,26). The molecule has 0 amide bonds. The van der Waals surface area contributed by atoms with Crippen LogP contribution in [0.15, 0.2) is 66.9 Å². The van der Waals surface area contributed by atoms with E-state index in [9.17, 15) is 0 Å². The van der Waals surface area contributed by atoms with E-state index < -0.39 is 0 Å². The van der Waals surface area contributed by atoms with Crippen LogP contribution in [0.1, 0.15) is 25.0 Å². The van der Waals surface area contributed by atoms with E-state index in [2.05, 4.69) is 51.4 Å². The molecular weight excluding hydrogens is 334 g/mol. The molecule has 0 atom stereocenters. The van der Waals surface area contributed by atoms with Crippen LogP contribution in [0.25, 0.3) is 34.7 Å². The van der Waals surface area contributed by atoms with E-state index in [1.54, 1.807) is 6.20 Å². The average molecular weight is 355 g/mol. The fourth-order valence-electron chi connectivity index (χ4n) is 2.92. The van der Waals surface area contributed by atoms with E-state index in [1.165, 1.54) is 0 Å². The van der Waals surface area contributed by atoms with E-state index in [4.69, 9.17) is 4.74 Å². The van der Waals surface area contributed by atoms with Gasteiger partial charge in [0.25, 0.3) is 0 Å². The number of ether oxygens (including phenoxy) is 1. The molecule has 27 heavy (non-hydrogen) atoms. The van der Waals surface area contributed by atoms with Gasteiger partial charge in [0.05, 0.1) is 17.2 Å². The van der Waals surface area contributed by atoms with Crippen LogP contribution in [0.3, 0.4) is 0 Å². The Morgan fingerprint density at radius 1 is 0.926 bits per heavy atom. The molecule has 4 rings (SSSR count). The van der Waals surface area contributed by atoms with Gasteiger partial charge in [0, 0.05) is 6.20 Å². The second-order valence-electron chi connectivity index (χ2n) is 6.63. The highest BCUT2D eigenvalue weighted by Crippen LogP contribution is 2.31. The molecule has 0 saturated carbocycles. The summed E-state index contributed by atoms with van der Waals surface area (Å²) in [7, 11) is 0. The third kappa shape index (κ3) is 3.90. The summed E-state index contributed by atoms with van der Waals surface area (Å²) >= 11 is 0. The van der Waals surface area contributed by atoms with Gasteiger partial charge in [-0.3, -0.25) is 0 Å². The van der Waals surface area contributed by atoms with Crippen molar-refractivity contribution in [2.24, 2.45) is 0 Å². The molecule has 1 N–H and O–H groups in total. The summed E-state index contributed by atoms with van der Waals surface area (Å²) in [5.74, 6) is 1.57. The normalized spacial score (nSPS) is 11.5. The van der Waals surface area contributed by atoms with Crippen LogP contribution in [0.2, 0.25) is 0 Å². The van der Waals surface area contributed by atoms with Gasteiger partial charge in [-0.1, -0.05) is 48.6 Å². The first-order chi connectivity index (χ1) is 13.2. The summed E-state index contributed by atoms with van der Waals surface area (Å²) in [6.45, 7) is 4.04. The number of aromatic amines is 1. The van der Waals surface area contributed by atoms with Crippen LogP contribution >= 0.6 is 0 Å². The second kappa shape index (κ2) is 7.46. The van der Waals surface area contributed by atoms with Gasteiger partial charge in [0.15, 0.2) is 5.65 Å². The average Bonchev–Trinajstić information content (AvgIpc) is 3.11. The lowest BCUT2D eigenvalue weighted by molar-refractivity contribution is 0.243. The van der Waals surface area contributed by atoms with Gasteiger partial charge in [-0.2, -0.15) is 0 Å². The van der Waals surface area contributed by atoms with Crippen LogP contribution in [0.5, 0.6) is 5.75 Å². The number of nitrogens with zero attached hydrogens (tertiary/aromatic N) is 2. The maximum absolute atomic E-state index is 6.01. The molecule has 0 aliphatic carbocycles. The van der Waals surface area contributed by atoms with Crippen LogP contribution in [-0.2, 0) is 0 Å². The van der Waals surface area contributed by atoms with Gasteiger partial charge in [0.1, 0.15) is 11.6 Å². The van der Waals surface area contributed by atoms with Gasteiger partial charge in [-0.15, -0.1) is 0 Å². The van der Waals surface area contributed by atoms with Crippen molar-refractivity contribution < 1.29 is 4.74 Å². The van der Waals surface area contributed by atoms with Gasteiger partial charge in [-0.25, -0.2) is 9.97 Å². The molecule has 0 unspecified atom stereocenters. The summed E-state index contributed by atoms with van der Waals surface area (Å²) in [4.78, 5) is 12.3. The predicted molar refractivity (Wildman–Crippen MR) is 110 cm³/mol. The van der Waals surface area contributed by atoms with Crippen LogP contribution < -0.4 is 4.74 Å². The molecule has 2 heterocycles. The lowest BCUT2D eigenvalue weighted by Gasteiger charge is -2.13. The first-order valence-electron chi connectivity index (χ1n) is 9.04. The number of rotatable bonds is 5. The van der Waals surface area contributed by atoms with Gasteiger partial charge in [0.2, 0.25) is 0 Å². The molecule has 2 aromatic heterocycles. The smallest absolute Gasteiger partial charge is 0.178 e. The Balaban J connectivity index is 1.75. The lowest BCUT2D eigenvalue weighted by atomic mass is 10.1. The van der Waals surface area contributed by atoms with Crippen molar-refractivity contribution in [1.82, 2.24) is 15.0 Å². The zero-order valence-corrected chi connectivity index (χ0v) is 15.4. The molecule has 0 radical (unpaired) electrons. The number of pyridine rings is 1. The number of nitrogens with one attached hydrogen (secondary N) is 1. The van der Waals surface area contributed by atoms with Crippen molar-refractivity contribution in [3.8, 4) is 17.1 Å². The van der Waals surface area contributed by atoms with Gasteiger partial charge >= 0.3 is 0 Å². The van der Waals surface area contributed by atoms with Crippen molar-refractivity contribution >= 4 is 23.3 Å². The Morgan fingerprint density at radius 3 is 2.52 bits per heavy atom. The maximum Gasteiger partial charge on any atom is 0.178 e. The summed E-state index contributed by atoms with van der Waals surface area (Å²) in [6.07, 6.45) is 6.02. The minimum Gasteiger partial charge on any atom is -0.490 e. The van der Waals surface area contributed by atoms with Gasteiger partial charge < -0.3 is 9.72 Å². The number of hydrogen-bond acceptors (Lipinski definition) is 3. The highest BCUT2D eigenvalue weighted by atomic mass is 16.5. The van der Waals surface area contributed by atoms with E-state index in [-0.39, 0.29) is 6.10 Å². The molecular formula is C23H21N3O. The molecule has 0 spiro atoms. The fraction of sp³-hybridized carbons (Fsp3) is 0.130. The highest BCUT2D eigenvalue weighted by Gasteiger charge is 2.13. The Hall–Kier alpha value is -3.40. The van der Waals surface area contributed by atoms with E-state index >= 15 is 0 Å². The molecule has 4 heteroatoms. The van der Waals surface area contributed by atoms with Crippen molar-refractivity contribution in [2.75, 3.05) is 0 Å². The minimum atomic E-state index is 0.0805. The van der Waals surface area contributed by atoms with Crippen LogP contribution in [0, 0.1) is 0 Å². The van der Waals surface area contributed by atoms with Crippen LogP contribution in [-0.4, -0.2) is 21.1 Å². The van der Waals surface area contributed by atoms with E-state index in [0.717, 1.165) is 33.8 Å². The number of aromatic nitrogens is 3. The van der Waals surface area contributed by atoms with Crippen molar-refractivity contribution in [3.05, 3.63) is 78.0 Å². The molecule has 0 bridgehead atoms. The maximum atomic E-state index is 6.01. The minimum absolute atomic E-state index is 0.0805. The highest BCUT2D eigenvalue weighted by molar-refractivity contribution is 5.80. The lowest BCUT2D eigenvalue weighted by Crippen LogP contribution is -2.06. The molecule has 0 aliphatic heterocycles. The first-order valence-corrected chi connectivity index (χ1v) is 9.04. The Kier molecular flexibility index (Phi) is 4.71. The predicted octanol–water partition coefficient (Wildman–Crippen LogP) is 5.58. The third-order valence-electron chi connectivity index (χ3n) is 4.15. The second-order valence-corrected chi connectivity index (χ2v) is 6.63. The van der Waals surface area contributed by atoms with Crippen molar-refractivity contribution in [3.63, 3.8) is 0 Å². The van der Waals surface area contributed by atoms with Crippen molar-refractivity contribution in [2.45, 2.75) is 20.0 Å². The summed E-state index contributed by atoms with van der Waals surface area (Å²) in [5.41, 5.74) is 4.78. The molecule has 0 aliphatic rings. The number of hydrogen-bond donors (Lipinski definition) is 1. The molecule has 4 aromatic rings. The molecule has 2 aromatic carbocycles. The Bertz CT molecular complexity index is 1050. The largest absolute Gasteiger partial charge is 0.490 e. The Labute approximate surface area is 158 Å². The molecule has 0 fully saturated rings. The number of benzene rings is 2.